The third-order valence-corrected chi connectivity index (χ3v) is 17.8. The Bertz CT molecular complexity index is 2930. The van der Waals surface area contributed by atoms with Crippen LogP contribution in [0, 0.1) is 68.8 Å². The summed E-state index contributed by atoms with van der Waals surface area (Å²) in [5, 5.41) is 9.03. The van der Waals surface area contributed by atoms with Crippen LogP contribution >= 0.6 is 0 Å². The molecule has 2 fully saturated rings. The lowest BCUT2D eigenvalue weighted by Gasteiger charge is -2.57. The first-order valence-corrected chi connectivity index (χ1v) is 24.5. The van der Waals surface area contributed by atoms with Gasteiger partial charge in [0.15, 0.2) is 10.8 Å². The number of alkyl halides is 6. The molecule has 0 saturated heterocycles. The zero-order valence-corrected chi connectivity index (χ0v) is 41.5. The molecule has 0 bridgehead atoms. The van der Waals surface area contributed by atoms with Gasteiger partial charge in [0.2, 0.25) is 0 Å². The number of fused-ring (bicyclic) bond motifs is 8. The van der Waals surface area contributed by atoms with E-state index in [9.17, 15) is 54.3 Å². The van der Waals surface area contributed by atoms with Crippen molar-refractivity contribution >= 4 is 23.9 Å². The Morgan fingerprint density at radius 1 is 0.608 bits per heavy atom. The number of allylic oxidation sites excluding steroid dienone is 4. The van der Waals surface area contributed by atoms with Gasteiger partial charge in [0.25, 0.3) is 0 Å². The van der Waals surface area contributed by atoms with Crippen molar-refractivity contribution in [3.8, 4) is 11.4 Å². The second-order valence-electron chi connectivity index (χ2n) is 21.0. The molecule has 2 saturated carbocycles. The van der Waals surface area contributed by atoms with Gasteiger partial charge in [-0.3, -0.25) is 19.2 Å². The van der Waals surface area contributed by atoms with Gasteiger partial charge in [-0.05, 0) is 152 Å². The number of ether oxygens (including phenoxy) is 4. The number of carbonyl (C=O) groups excluding carboxylic acids is 4. The van der Waals surface area contributed by atoms with E-state index >= 15 is 0 Å². The standard InChI is InChI=1S/2C27H28F4N2O4/c1-25-13-15-14-32-33(18-7-5-17(28)6-8-18)22(15)12-16(25)4-9-20-19(25)10-11-21(23(34)36-2)26(20,24(35)37-3)27(29,30)31;1-25-13-15-14-32-33(18-7-5-17(28)6-8-18)21(15)12-16(25)4-9-19-20(25)10-11-26(24(35)37-3,27(29,30)31)22(19)23(34)36-2/h5-8,10,14,16,20-21H,4,9,11-13H2,1-3H3;5-8,10,14,16,19,22H,4,9,11-13H2,1-3H3/t16-,20+,21+,25+,26-;16-,19-,22-,25+,26+/m11/s1. The molecule has 12 nitrogen and oxygen atoms in total. The molecule has 0 aliphatic heterocycles. The van der Waals surface area contributed by atoms with Crippen molar-refractivity contribution in [3.05, 3.63) is 118 Å². The molecule has 10 rings (SSSR count). The lowest BCUT2D eigenvalue weighted by atomic mass is 9.46. The highest BCUT2D eigenvalue weighted by Crippen LogP contribution is 2.67. The van der Waals surface area contributed by atoms with Crippen LogP contribution in [0.1, 0.15) is 74.9 Å². The average molecular weight is 1040 g/mol. The molecular formula is C54H56F8N4O8. The molecule has 74 heavy (non-hydrogen) atoms. The molecule has 4 aromatic rings. The minimum Gasteiger partial charge on any atom is -0.469 e. The predicted molar refractivity (Wildman–Crippen MR) is 248 cm³/mol. The summed E-state index contributed by atoms with van der Waals surface area (Å²) in [6.45, 7) is 3.98. The molecule has 2 heterocycles. The number of rotatable bonds is 6. The Kier molecular flexibility index (Phi) is 13.3. The van der Waals surface area contributed by atoms with Gasteiger partial charge in [-0.2, -0.15) is 36.5 Å². The summed E-state index contributed by atoms with van der Waals surface area (Å²) in [6, 6.07) is 12.0. The SMILES string of the molecule is COC(=O)[C@@H]1CC=C2[C@H](CC[C@@H]3Cc4c(cnn4-c4ccc(F)cc4)C[C@]23C)[C@@]1(C(=O)OC)C(F)(F)F.COC(=O)[C@H]1[C@@H]2CC[C@@H]3Cc4c(cnn4-c4ccc(F)cc4)C[C@]3(C)C2=CC[C@]1(C(=O)OC)C(F)(F)F. The highest BCUT2D eigenvalue weighted by molar-refractivity contribution is 5.89. The molecule has 2 aromatic carbocycles. The molecule has 6 aliphatic rings. The fraction of sp³-hybridized carbons (Fsp3) is 0.519. The molecule has 10 atom stereocenters. The number of hydrogen-bond donors (Lipinski definition) is 0. The predicted octanol–water partition coefficient (Wildman–Crippen LogP) is 9.97. The molecule has 0 N–H and O–H groups in total. The minimum atomic E-state index is -5.03. The average Bonchev–Trinajstić information content (AvgIpc) is 3.97. The molecule has 20 heteroatoms. The number of halogens is 8. The van der Waals surface area contributed by atoms with E-state index in [2.05, 4.69) is 14.9 Å². The topological polar surface area (TPSA) is 141 Å². The van der Waals surface area contributed by atoms with Crippen molar-refractivity contribution in [2.45, 2.75) is 90.4 Å². The van der Waals surface area contributed by atoms with Gasteiger partial charge in [-0.25, -0.2) is 18.1 Å². The van der Waals surface area contributed by atoms with E-state index in [0.29, 0.717) is 56.2 Å². The van der Waals surface area contributed by atoms with Crippen LogP contribution in [-0.4, -0.2) is 84.2 Å². The second kappa shape index (κ2) is 18.8. The van der Waals surface area contributed by atoms with Gasteiger partial charge in [0.05, 0.1) is 64.0 Å². The first-order valence-electron chi connectivity index (χ1n) is 24.5. The molecule has 2 aromatic heterocycles. The van der Waals surface area contributed by atoms with Crippen molar-refractivity contribution < 1.29 is 73.2 Å². The Balaban J connectivity index is 0.000000182. The Labute approximate surface area is 421 Å². The summed E-state index contributed by atoms with van der Waals surface area (Å²) in [7, 11) is 3.90. The quantitative estimate of drug-likeness (QED) is 0.0793. The van der Waals surface area contributed by atoms with Crippen LogP contribution in [0.4, 0.5) is 35.1 Å². The fourth-order valence-corrected chi connectivity index (χ4v) is 14.2. The van der Waals surface area contributed by atoms with Gasteiger partial charge in [-0.1, -0.05) is 37.1 Å². The molecule has 0 spiro atoms. The number of aromatic nitrogens is 4. The summed E-state index contributed by atoms with van der Waals surface area (Å²) < 4.78 is 138. The maximum Gasteiger partial charge on any atom is 0.406 e. The van der Waals surface area contributed by atoms with Crippen LogP contribution in [0.25, 0.3) is 11.4 Å². The number of benzene rings is 2. The van der Waals surface area contributed by atoms with Gasteiger partial charge < -0.3 is 18.9 Å². The largest absolute Gasteiger partial charge is 0.469 e. The van der Waals surface area contributed by atoms with Crippen molar-refractivity contribution in [1.82, 2.24) is 19.6 Å². The monoisotopic (exact) mass is 1040 g/mol. The minimum absolute atomic E-state index is 0.00310. The Morgan fingerprint density at radius 2 is 1.09 bits per heavy atom. The maximum absolute atomic E-state index is 15.0. The Morgan fingerprint density at radius 3 is 1.55 bits per heavy atom. The van der Waals surface area contributed by atoms with Crippen LogP contribution in [0.5, 0.6) is 0 Å². The normalized spacial score (nSPS) is 30.9. The third kappa shape index (κ3) is 7.88. The van der Waals surface area contributed by atoms with Gasteiger partial charge >= 0.3 is 36.2 Å². The summed E-state index contributed by atoms with van der Waals surface area (Å²) >= 11 is 0. The van der Waals surface area contributed by atoms with E-state index in [0.717, 1.165) is 62.2 Å². The van der Waals surface area contributed by atoms with Gasteiger partial charge in [-0.15, -0.1) is 0 Å². The molecular weight excluding hydrogens is 985 g/mol. The van der Waals surface area contributed by atoms with Crippen molar-refractivity contribution in [2.24, 2.45) is 57.2 Å². The highest BCUT2D eigenvalue weighted by Gasteiger charge is 2.75. The lowest BCUT2D eigenvalue weighted by Crippen LogP contribution is -2.62. The van der Waals surface area contributed by atoms with Crippen LogP contribution in [0.3, 0.4) is 0 Å². The van der Waals surface area contributed by atoms with Crippen molar-refractivity contribution in [2.75, 3.05) is 28.4 Å². The Hall–Kier alpha value is -6.34. The van der Waals surface area contributed by atoms with Crippen LogP contribution < -0.4 is 0 Å². The first kappa shape index (κ1) is 52.5. The summed E-state index contributed by atoms with van der Waals surface area (Å²) in [6.07, 6.45) is -0.722. The summed E-state index contributed by atoms with van der Waals surface area (Å²) in [5.41, 5.74) is -0.657. The fourth-order valence-electron chi connectivity index (χ4n) is 14.2. The van der Waals surface area contributed by atoms with E-state index < -0.39 is 88.0 Å². The van der Waals surface area contributed by atoms with Crippen molar-refractivity contribution in [1.29, 1.82) is 0 Å². The maximum atomic E-state index is 15.0. The zero-order chi connectivity index (χ0) is 53.5. The molecule has 0 radical (unpaired) electrons. The lowest BCUT2D eigenvalue weighted by molar-refractivity contribution is -0.267. The van der Waals surface area contributed by atoms with E-state index in [1.165, 1.54) is 30.3 Å². The van der Waals surface area contributed by atoms with Crippen LogP contribution in [0.15, 0.2) is 84.2 Å². The van der Waals surface area contributed by atoms with E-state index in [4.69, 9.17) is 14.2 Å². The van der Waals surface area contributed by atoms with Crippen LogP contribution in [0.2, 0.25) is 0 Å². The zero-order valence-electron chi connectivity index (χ0n) is 41.5. The van der Waals surface area contributed by atoms with Gasteiger partial charge in [0.1, 0.15) is 11.6 Å². The van der Waals surface area contributed by atoms with E-state index in [1.807, 2.05) is 13.8 Å². The summed E-state index contributed by atoms with van der Waals surface area (Å²) in [4.78, 5) is 51.3. The van der Waals surface area contributed by atoms with Gasteiger partial charge in [0, 0.05) is 17.3 Å². The number of carbonyl (C=O) groups is 4. The van der Waals surface area contributed by atoms with E-state index in [1.54, 1.807) is 52.1 Å². The van der Waals surface area contributed by atoms with Crippen molar-refractivity contribution in [3.63, 3.8) is 0 Å². The molecule has 396 valence electrons. The molecule has 6 aliphatic carbocycles. The van der Waals surface area contributed by atoms with Crippen LogP contribution in [-0.2, 0) is 63.8 Å². The second-order valence-corrected chi connectivity index (χ2v) is 21.0. The third-order valence-electron chi connectivity index (χ3n) is 17.8. The van der Waals surface area contributed by atoms with E-state index in [-0.39, 0.29) is 36.3 Å². The molecule has 0 amide bonds. The summed E-state index contributed by atoms with van der Waals surface area (Å²) in [5.74, 6) is -11.2. The smallest absolute Gasteiger partial charge is 0.406 e. The molecule has 0 unspecified atom stereocenters. The number of methoxy groups -OCH3 is 4. The highest BCUT2D eigenvalue weighted by atomic mass is 19.4. The number of hydrogen-bond acceptors (Lipinski definition) is 10. The number of nitrogens with zero attached hydrogens (tertiary/aromatic N) is 4. The first-order chi connectivity index (χ1) is 35.0. The number of esters is 4.